The Bertz CT molecular complexity index is 445. The van der Waals surface area contributed by atoms with Crippen molar-refractivity contribution in [1.82, 2.24) is 0 Å². The Hall–Kier alpha value is -0.0400. The van der Waals surface area contributed by atoms with E-state index >= 15 is 0 Å². The summed E-state index contributed by atoms with van der Waals surface area (Å²) in [5.41, 5.74) is 1.55. The molecule has 1 nitrogen and oxygen atoms in total. The Morgan fingerprint density at radius 3 is 2.50 bits per heavy atom. The maximum atomic E-state index is 6.44. The number of ether oxygens (including phenoxy) is 1. The number of rotatable bonds is 0. The van der Waals surface area contributed by atoms with Gasteiger partial charge in [0.2, 0.25) is 0 Å². The predicted molar refractivity (Wildman–Crippen MR) is 80.5 cm³/mol. The number of fused-ring (bicyclic) bond motifs is 3. The van der Waals surface area contributed by atoms with Gasteiger partial charge < -0.3 is 4.74 Å². The van der Waals surface area contributed by atoms with Crippen LogP contribution in [0.25, 0.3) is 0 Å². The molecule has 0 unspecified atom stereocenters. The van der Waals surface area contributed by atoms with Gasteiger partial charge in [0.05, 0.1) is 6.10 Å². The summed E-state index contributed by atoms with van der Waals surface area (Å²) in [6.45, 7) is 5.23. The van der Waals surface area contributed by atoms with Crippen LogP contribution >= 0.6 is 0 Å². The van der Waals surface area contributed by atoms with Crippen LogP contribution in [0.1, 0.15) is 78.1 Å². The average Bonchev–Trinajstić information content (AvgIpc) is 3.10. The summed E-state index contributed by atoms with van der Waals surface area (Å²) in [5.74, 6) is 2.93. The lowest BCUT2D eigenvalue weighted by Gasteiger charge is -2.60. The minimum absolute atomic E-state index is 0.349. The van der Waals surface area contributed by atoms with E-state index < -0.39 is 0 Å². The quantitative estimate of drug-likeness (QED) is 0.570. The first-order valence-corrected chi connectivity index (χ1v) is 9.28. The van der Waals surface area contributed by atoms with Crippen molar-refractivity contribution in [2.75, 3.05) is 0 Å². The van der Waals surface area contributed by atoms with E-state index in [1.807, 2.05) is 0 Å². The molecule has 5 fully saturated rings. The van der Waals surface area contributed by atoms with Crippen LogP contribution in [0.2, 0.25) is 0 Å². The van der Waals surface area contributed by atoms with Crippen molar-refractivity contribution in [3.63, 3.8) is 0 Å². The monoisotopic (exact) mass is 274 g/mol. The van der Waals surface area contributed by atoms with Gasteiger partial charge in [-0.25, -0.2) is 0 Å². The highest BCUT2D eigenvalue weighted by Gasteiger charge is 2.77. The molecule has 112 valence electrons. The van der Waals surface area contributed by atoms with Crippen LogP contribution in [-0.4, -0.2) is 11.7 Å². The van der Waals surface area contributed by atoms with Crippen molar-refractivity contribution in [1.29, 1.82) is 0 Å². The van der Waals surface area contributed by atoms with Gasteiger partial charge in [0.1, 0.15) is 5.60 Å². The van der Waals surface area contributed by atoms with Crippen molar-refractivity contribution in [2.45, 2.75) is 89.8 Å². The normalized spacial score (nSPS) is 63.9. The zero-order valence-electron chi connectivity index (χ0n) is 13.3. The summed E-state index contributed by atoms with van der Waals surface area (Å²) in [7, 11) is 0. The number of hydrogen-bond donors (Lipinski definition) is 0. The van der Waals surface area contributed by atoms with Gasteiger partial charge in [0.15, 0.2) is 0 Å². The highest BCUT2D eigenvalue weighted by Crippen LogP contribution is 2.74. The summed E-state index contributed by atoms with van der Waals surface area (Å²) in [5, 5.41) is 0. The van der Waals surface area contributed by atoms with Crippen LogP contribution in [0.4, 0.5) is 0 Å². The van der Waals surface area contributed by atoms with E-state index in [1.165, 1.54) is 64.2 Å². The fraction of sp³-hybridized carbons (Fsp3) is 1.00. The van der Waals surface area contributed by atoms with Crippen LogP contribution in [-0.2, 0) is 4.74 Å². The van der Waals surface area contributed by atoms with Gasteiger partial charge in [0, 0.05) is 0 Å². The highest BCUT2D eigenvalue weighted by molar-refractivity contribution is 5.25. The van der Waals surface area contributed by atoms with E-state index in [2.05, 4.69) is 13.8 Å². The average molecular weight is 274 g/mol. The number of epoxide rings is 1. The molecule has 0 aromatic heterocycles. The van der Waals surface area contributed by atoms with Crippen LogP contribution in [0, 0.1) is 28.6 Å². The maximum Gasteiger partial charge on any atom is 0.103 e. The third-order valence-electron chi connectivity index (χ3n) is 8.83. The molecule has 0 aromatic rings. The Morgan fingerprint density at radius 1 is 0.800 bits per heavy atom. The van der Waals surface area contributed by atoms with E-state index in [9.17, 15) is 0 Å². The maximum absolute atomic E-state index is 6.44. The summed E-state index contributed by atoms with van der Waals surface area (Å²) >= 11 is 0. The number of hydrogen-bond acceptors (Lipinski definition) is 1. The Kier molecular flexibility index (Phi) is 2.28. The minimum Gasteiger partial charge on any atom is -0.365 e. The molecular weight excluding hydrogens is 244 g/mol. The van der Waals surface area contributed by atoms with Crippen molar-refractivity contribution in [3.8, 4) is 0 Å². The molecule has 5 rings (SSSR count). The first-order valence-electron chi connectivity index (χ1n) is 9.28. The summed E-state index contributed by atoms with van der Waals surface area (Å²) in [4.78, 5) is 0. The van der Waals surface area contributed by atoms with Gasteiger partial charge in [-0.3, -0.25) is 0 Å². The third-order valence-corrected chi connectivity index (χ3v) is 8.83. The van der Waals surface area contributed by atoms with Crippen LogP contribution < -0.4 is 0 Å². The topological polar surface area (TPSA) is 12.5 Å². The van der Waals surface area contributed by atoms with Gasteiger partial charge in [0.25, 0.3) is 0 Å². The molecule has 20 heavy (non-hydrogen) atoms. The zero-order valence-corrected chi connectivity index (χ0v) is 13.3. The minimum atomic E-state index is 0.349. The molecule has 0 radical (unpaired) electrons. The molecule has 1 saturated heterocycles. The lowest BCUT2D eigenvalue weighted by atomic mass is 9.45. The van der Waals surface area contributed by atoms with Gasteiger partial charge in [-0.05, 0) is 80.0 Å². The van der Waals surface area contributed by atoms with Crippen molar-refractivity contribution in [3.05, 3.63) is 0 Å². The van der Waals surface area contributed by atoms with E-state index in [4.69, 9.17) is 4.74 Å². The second kappa shape index (κ2) is 3.65. The lowest BCUT2D eigenvalue weighted by molar-refractivity contribution is -0.122. The molecule has 1 heterocycles. The molecular formula is C19H30O. The fourth-order valence-electron chi connectivity index (χ4n) is 7.70. The molecule has 1 aliphatic heterocycles. The Balaban J connectivity index is 1.54. The molecule has 4 saturated carbocycles. The summed E-state index contributed by atoms with van der Waals surface area (Å²) < 4.78 is 6.44. The molecule has 7 atom stereocenters. The first kappa shape index (κ1) is 12.5. The van der Waals surface area contributed by atoms with Crippen LogP contribution in [0.5, 0.6) is 0 Å². The largest absolute Gasteiger partial charge is 0.365 e. The molecule has 4 aliphatic carbocycles. The van der Waals surface area contributed by atoms with Crippen LogP contribution in [0.15, 0.2) is 0 Å². The van der Waals surface area contributed by atoms with Gasteiger partial charge in [-0.1, -0.05) is 26.7 Å². The standard InChI is InChI=1S/C19H30O/c1-17-11-8-14-15(19(17)16(20-19)9-12-17)7-6-13-5-3-4-10-18(13,14)2/h13-16H,3-12H2,1-2H3/t13-,14+,15-,16-,17-,18+,19-/m1/s1. The molecule has 0 aromatic carbocycles. The van der Waals surface area contributed by atoms with E-state index in [0.717, 1.165) is 17.8 Å². The van der Waals surface area contributed by atoms with Gasteiger partial charge >= 0.3 is 0 Å². The fourth-order valence-corrected chi connectivity index (χ4v) is 7.70. The molecule has 1 heteroatoms. The summed E-state index contributed by atoms with van der Waals surface area (Å²) in [6.07, 6.45) is 15.4. The summed E-state index contributed by atoms with van der Waals surface area (Å²) in [6, 6.07) is 0. The van der Waals surface area contributed by atoms with Crippen molar-refractivity contribution in [2.24, 2.45) is 28.6 Å². The molecule has 0 N–H and O–H groups in total. The Morgan fingerprint density at radius 2 is 1.65 bits per heavy atom. The van der Waals surface area contributed by atoms with Crippen LogP contribution in [0.3, 0.4) is 0 Å². The predicted octanol–water partition coefficient (Wildman–Crippen LogP) is 4.94. The lowest BCUT2D eigenvalue weighted by Crippen LogP contribution is -2.56. The van der Waals surface area contributed by atoms with Gasteiger partial charge in [-0.15, -0.1) is 0 Å². The molecule has 5 aliphatic rings. The van der Waals surface area contributed by atoms with Gasteiger partial charge in [-0.2, -0.15) is 0 Å². The van der Waals surface area contributed by atoms with E-state index in [0.29, 0.717) is 22.5 Å². The molecule has 1 spiro atoms. The van der Waals surface area contributed by atoms with E-state index in [-0.39, 0.29) is 0 Å². The molecule has 0 amide bonds. The van der Waals surface area contributed by atoms with Crippen molar-refractivity contribution < 1.29 is 4.74 Å². The Labute approximate surface area is 123 Å². The molecule has 0 bridgehead atoms. The SMILES string of the molecule is C[C@]12CCCC[C@@H]1CC[C@@H]1[C@@H]2CC[C@]2(C)CC[C@H]3O[C@]132. The van der Waals surface area contributed by atoms with E-state index in [1.54, 1.807) is 0 Å². The van der Waals surface area contributed by atoms with Crippen molar-refractivity contribution >= 4 is 0 Å². The zero-order chi connectivity index (χ0) is 13.6. The second-order valence-electron chi connectivity index (χ2n) is 9.28. The first-order chi connectivity index (χ1) is 9.60. The smallest absolute Gasteiger partial charge is 0.103 e. The third kappa shape index (κ3) is 1.22. The highest BCUT2D eigenvalue weighted by atomic mass is 16.6. The second-order valence-corrected chi connectivity index (χ2v) is 9.28.